The molecule has 0 radical (unpaired) electrons. The second kappa shape index (κ2) is 9.32. The third-order valence-electron chi connectivity index (χ3n) is 9.70. The monoisotopic (exact) mass is 574 g/mol. The van der Waals surface area contributed by atoms with Gasteiger partial charge in [0.1, 0.15) is 16.4 Å². The van der Waals surface area contributed by atoms with Crippen LogP contribution in [0.3, 0.4) is 0 Å². The van der Waals surface area contributed by atoms with Crippen molar-refractivity contribution in [2.45, 2.75) is 42.4 Å². The summed E-state index contributed by atoms with van der Waals surface area (Å²) >= 11 is 1.37. The number of likely N-dealkylation sites (tertiary alicyclic amines) is 1. The molecule has 5 aliphatic rings. The number of carbonyl (C=O) groups excluding carboxylic acids is 1. The van der Waals surface area contributed by atoms with E-state index in [0.29, 0.717) is 17.1 Å². The lowest BCUT2D eigenvalue weighted by Gasteiger charge is -2.37. The van der Waals surface area contributed by atoms with E-state index in [9.17, 15) is 4.79 Å². The fraction of sp³-hybridized carbons (Fsp3) is 0.484. The van der Waals surface area contributed by atoms with Crippen LogP contribution < -0.4 is 19.1 Å². The van der Waals surface area contributed by atoms with E-state index in [1.54, 1.807) is 14.2 Å². The number of nitrogens with zero attached hydrogens (tertiary/aromatic N) is 3. The Morgan fingerprint density at radius 2 is 1.83 bits per heavy atom. The normalized spacial score (nSPS) is 20.7. The third-order valence-corrected chi connectivity index (χ3v) is 10.6. The van der Waals surface area contributed by atoms with Gasteiger partial charge in [0.25, 0.3) is 5.91 Å². The molecule has 2 aromatic carbocycles. The zero-order valence-electron chi connectivity index (χ0n) is 23.5. The number of rotatable bonds is 7. The molecule has 1 saturated carbocycles. The van der Waals surface area contributed by atoms with E-state index in [4.69, 9.17) is 18.7 Å². The Morgan fingerprint density at radius 1 is 1.05 bits per heavy atom. The molecule has 1 N–H and O–H groups in total. The zero-order chi connectivity index (χ0) is 27.8. The minimum absolute atomic E-state index is 0.00792. The summed E-state index contributed by atoms with van der Waals surface area (Å²) in [5, 5.41) is 4.48. The van der Waals surface area contributed by atoms with E-state index in [0.717, 1.165) is 74.3 Å². The number of carbonyl (C=O) groups is 1. The van der Waals surface area contributed by atoms with Crippen molar-refractivity contribution >= 4 is 29.4 Å². The van der Waals surface area contributed by atoms with Crippen LogP contribution in [0.4, 0.5) is 11.5 Å². The molecule has 4 heterocycles. The molecule has 10 heteroatoms. The van der Waals surface area contributed by atoms with E-state index < -0.39 is 0 Å². The number of nitrogens with one attached hydrogen (secondary N) is 1. The van der Waals surface area contributed by atoms with Gasteiger partial charge in [-0.1, -0.05) is 11.2 Å². The number of anilines is 2. The molecule has 3 saturated heterocycles. The molecule has 2 spiro atoms. The Kier molecular flexibility index (Phi) is 5.76. The summed E-state index contributed by atoms with van der Waals surface area (Å²) in [5.41, 5.74) is 5.82. The first-order valence-corrected chi connectivity index (χ1v) is 15.3. The lowest BCUT2D eigenvalue weighted by atomic mass is 9.79. The molecule has 0 atom stereocenters. The minimum atomic E-state index is -0.00792. The second-order valence-electron chi connectivity index (χ2n) is 12.2. The first kappa shape index (κ1) is 25.3. The highest BCUT2D eigenvalue weighted by atomic mass is 32.2. The van der Waals surface area contributed by atoms with Gasteiger partial charge < -0.3 is 33.3 Å². The third kappa shape index (κ3) is 4.01. The maximum absolute atomic E-state index is 13.4. The molecule has 8 rings (SSSR count). The molecule has 0 unspecified atom stereocenters. The topological polar surface area (TPSA) is 89.3 Å². The van der Waals surface area contributed by atoms with Gasteiger partial charge in [-0.25, -0.2) is 0 Å². The summed E-state index contributed by atoms with van der Waals surface area (Å²) in [6.45, 7) is 5.17. The largest absolute Gasteiger partial charge is 0.495 e. The molecule has 41 heavy (non-hydrogen) atoms. The van der Waals surface area contributed by atoms with Crippen LogP contribution in [-0.4, -0.2) is 69.6 Å². The summed E-state index contributed by atoms with van der Waals surface area (Å²) in [4.78, 5) is 18.5. The molecule has 1 aromatic heterocycles. The van der Waals surface area contributed by atoms with Crippen LogP contribution in [0.1, 0.15) is 47.2 Å². The highest BCUT2D eigenvalue weighted by molar-refractivity contribution is 8.00. The molecule has 9 nitrogen and oxygen atoms in total. The predicted molar refractivity (Wildman–Crippen MR) is 156 cm³/mol. The van der Waals surface area contributed by atoms with Gasteiger partial charge in [-0.3, -0.25) is 4.79 Å². The van der Waals surface area contributed by atoms with Crippen LogP contribution >= 0.6 is 11.9 Å². The highest BCUT2D eigenvalue weighted by Crippen LogP contribution is 2.59. The Morgan fingerprint density at radius 3 is 2.44 bits per heavy atom. The number of ether oxygens (including phenoxy) is 3. The molecular formula is C31H34N4O5S. The fourth-order valence-corrected chi connectivity index (χ4v) is 7.71. The van der Waals surface area contributed by atoms with Crippen LogP contribution in [0, 0.1) is 5.41 Å². The van der Waals surface area contributed by atoms with Gasteiger partial charge >= 0.3 is 0 Å². The maximum atomic E-state index is 13.4. The van der Waals surface area contributed by atoms with E-state index in [2.05, 4.69) is 33.0 Å². The molecule has 4 fully saturated rings. The lowest BCUT2D eigenvalue weighted by Crippen LogP contribution is -2.45. The van der Waals surface area contributed by atoms with Crippen molar-refractivity contribution < 1.29 is 23.5 Å². The molecule has 1 amide bonds. The van der Waals surface area contributed by atoms with Crippen molar-refractivity contribution in [2.24, 2.45) is 5.41 Å². The van der Waals surface area contributed by atoms with Crippen molar-refractivity contribution in [3.8, 4) is 22.8 Å². The van der Waals surface area contributed by atoms with E-state index in [-0.39, 0.29) is 16.7 Å². The molecule has 214 valence electrons. The molecule has 0 bridgehead atoms. The van der Waals surface area contributed by atoms with Crippen LogP contribution in [0.2, 0.25) is 0 Å². The van der Waals surface area contributed by atoms with Gasteiger partial charge in [0.2, 0.25) is 0 Å². The Bertz CT molecular complexity index is 1520. The van der Waals surface area contributed by atoms with Crippen molar-refractivity contribution in [3.63, 3.8) is 0 Å². The van der Waals surface area contributed by atoms with Crippen LogP contribution in [0.5, 0.6) is 11.5 Å². The Balaban J connectivity index is 1.06. The number of hydrogen-bond acceptors (Lipinski definition) is 9. The second-order valence-corrected chi connectivity index (χ2v) is 13.1. The van der Waals surface area contributed by atoms with Crippen LogP contribution in [-0.2, 0) is 16.6 Å². The van der Waals surface area contributed by atoms with Crippen LogP contribution in [0.25, 0.3) is 11.3 Å². The fourth-order valence-electron chi connectivity index (χ4n) is 6.87. The molecular weight excluding hydrogens is 540 g/mol. The average Bonchev–Trinajstić information content (AvgIpc) is 3.37. The number of benzene rings is 2. The predicted octanol–water partition coefficient (Wildman–Crippen LogP) is 5.14. The quantitative estimate of drug-likeness (QED) is 0.386. The number of methoxy groups -OCH3 is 2. The Labute approximate surface area is 243 Å². The number of amides is 1. The van der Waals surface area contributed by atoms with Crippen LogP contribution in [0.15, 0.2) is 39.8 Å². The smallest absolute Gasteiger partial charge is 0.254 e. The van der Waals surface area contributed by atoms with Crippen molar-refractivity contribution in [1.82, 2.24) is 10.1 Å². The molecule has 3 aromatic rings. The molecule has 2 aliphatic carbocycles. The lowest BCUT2D eigenvalue weighted by molar-refractivity contribution is -0.103. The Hall–Kier alpha value is -3.37. The minimum Gasteiger partial charge on any atom is -0.495 e. The average molecular weight is 575 g/mol. The van der Waals surface area contributed by atoms with Gasteiger partial charge in [-0.2, -0.15) is 0 Å². The highest BCUT2D eigenvalue weighted by Gasteiger charge is 2.50. The van der Waals surface area contributed by atoms with Crippen molar-refractivity contribution in [2.75, 3.05) is 63.2 Å². The van der Waals surface area contributed by atoms with E-state index >= 15 is 0 Å². The first-order chi connectivity index (χ1) is 20.0. The standard InChI is InChI=1S/C31H34N4O5S/c1-37-24-12-19(29(36)35-11-8-30(16-35)17-39-18-30)13-25(38-2)27(24)41-33-28-22-15-31(6-7-31)23-5-4-20(34-9-3-10-34)14-21(23)26(22)40-32-28/h4-5,12-14H,3,6-11,15-18H2,1-2H3,(H,32,33). The van der Waals surface area contributed by atoms with Crippen molar-refractivity contribution in [3.05, 3.63) is 47.0 Å². The molecule has 3 aliphatic heterocycles. The van der Waals surface area contributed by atoms with E-state index in [1.807, 2.05) is 17.0 Å². The number of aromatic nitrogens is 1. The summed E-state index contributed by atoms with van der Waals surface area (Å²) in [6, 6.07) is 10.5. The van der Waals surface area contributed by atoms with Gasteiger partial charge in [0, 0.05) is 59.4 Å². The van der Waals surface area contributed by atoms with Gasteiger partial charge in [-0.15, -0.1) is 0 Å². The van der Waals surface area contributed by atoms with Gasteiger partial charge in [-0.05, 0) is 73.9 Å². The first-order valence-electron chi connectivity index (χ1n) is 14.5. The summed E-state index contributed by atoms with van der Waals surface area (Å²) in [6.07, 6.45) is 5.51. The van der Waals surface area contributed by atoms with E-state index in [1.165, 1.54) is 48.0 Å². The van der Waals surface area contributed by atoms with Crippen molar-refractivity contribution in [1.29, 1.82) is 0 Å². The van der Waals surface area contributed by atoms with Gasteiger partial charge in [0.15, 0.2) is 11.6 Å². The number of fused-ring (bicyclic) bond motifs is 4. The number of hydrogen-bond donors (Lipinski definition) is 1. The zero-order valence-corrected chi connectivity index (χ0v) is 24.3. The summed E-state index contributed by atoms with van der Waals surface area (Å²) < 4.78 is 26.4. The maximum Gasteiger partial charge on any atom is 0.254 e. The summed E-state index contributed by atoms with van der Waals surface area (Å²) in [7, 11) is 3.23. The summed E-state index contributed by atoms with van der Waals surface area (Å²) in [5.74, 6) is 2.73. The van der Waals surface area contributed by atoms with Gasteiger partial charge in [0.05, 0.1) is 27.4 Å². The SMILES string of the molecule is COc1cc(C(=O)N2CCC3(COC3)C2)cc(OC)c1SNc1noc2c1CC1(CC1)c1ccc(N3CCC3)cc1-2.